The minimum Gasteiger partial charge on any atom is -0.294 e. The molecule has 8 heteroatoms. The number of nitrogens with zero attached hydrogens (tertiary/aromatic N) is 6. The van der Waals surface area contributed by atoms with Crippen molar-refractivity contribution < 1.29 is 0 Å². The number of benzene rings is 9. The Bertz CT molecular complexity index is 4150. The van der Waals surface area contributed by atoms with E-state index < -0.39 is 8.07 Å². The lowest BCUT2D eigenvalue weighted by atomic mass is 10.1. The van der Waals surface area contributed by atoms with E-state index in [1.54, 1.807) is 0 Å². The molecule has 0 fully saturated rings. The summed E-state index contributed by atoms with van der Waals surface area (Å²) in [4.78, 5) is 16.5. The third-order valence-corrected chi connectivity index (χ3v) is 19.5. The summed E-state index contributed by atoms with van der Waals surface area (Å²) < 4.78 is 9.34. The molecule has 0 radical (unpaired) electrons. The van der Waals surface area contributed by atoms with Gasteiger partial charge >= 0.3 is 0 Å². The summed E-state index contributed by atoms with van der Waals surface area (Å²) in [5, 5.41) is 10.1. The molecule has 0 saturated heterocycles. The third-order valence-electron chi connectivity index (χ3n) is 13.6. The van der Waals surface area contributed by atoms with Crippen molar-refractivity contribution in [2.45, 2.75) is 0 Å². The minimum absolute atomic E-state index is 0.631. The van der Waals surface area contributed by atoms with Crippen LogP contribution in [0.4, 0.5) is 0 Å². The number of rotatable bonds is 7. The van der Waals surface area contributed by atoms with Crippen LogP contribution in [0.25, 0.3) is 92.8 Å². The number of fused-ring (bicyclic) bond motifs is 11. The first-order chi connectivity index (χ1) is 33.2. The Kier molecular flexibility index (Phi) is 8.37. The van der Waals surface area contributed by atoms with Gasteiger partial charge in [0.05, 0.1) is 33.1 Å². The molecule has 0 unspecified atom stereocenters. The van der Waals surface area contributed by atoms with Crippen molar-refractivity contribution in [3.8, 4) is 23.0 Å². The molecule has 5 aromatic heterocycles. The predicted molar refractivity (Wildman–Crippen MR) is 281 cm³/mol. The van der Waals surface area contributed by atoms with Crippen molar-refractivity contribution in [1.29, 1.82) is 0 Å². The van der Waals surface area contributed by atoms with Crippen molar-refractivity contribution >= 4 is 110 Å². The van der Waals surface area contributed by atoms with E-state index in [0.29, 0.717) is 5.82 Å². The monoisotopic (exact) mass is 890 g/mol. The summed E-state index contributed by atoms with van der Waals surface area (Å²) in [5.41, 5.74) is 7.15. The van der Waals surface area contributed by atoms with Crippen LogP contribution < -0.4 is 20.7 Å². The Morgan fingerprint density at radius 3 is 1.60 bits per heavy atom. The third kappa shape index (κ3) is 5.64. The maximum absolute atomic E-state index is 5.60. The fraction of sp³-hybridized carbons (Fsp3) is 0. The fourth-order valence-corrected chi connectivity index (χ4v) is 16.6. The van der Waals surface area contributed by atoms with Gasteiger partial charge in [0.2, 0.25) is 5.78 Å². The molecule has 0 amide bonds. The van der Waals surface area contributed by atoms with Crippen LogP contribution >= 0.6 is 11.3 Å². The van der Waals surface area contributed by atoms with E-state index in [9.17, 15) is 0 Å². The van der Waals surface area contributed by atoms with Crippen LogP contribution in [0.1, 0.15) is 0 Å². The summed E-state index contributed by atoms with van der Waals surface area (Å²) in [6.07, 6.45) is 0. The minimum atomic E-state index is -3.01. The first kappa shape index (κ1) is 37.9. The van der Waals surface area contributed by atoms with Crippen LogP contribution in [0.5, 0.6) is 0 Å². The number of aromatic nitrogens is 6. The van der Waals surface area contributed by atoms with Crippen LogP contribution in [-0.2, 0) is 0 Å². The van der Waals surface area contributed by atoms with Gasteiger partial charge in [-0.15, -0.1) is 11.3 Å². The zero-order chi connectivity index (χ0) is 44.1. The lowest BCUT2D eigenvalue weighted by molar-refractivity contribution is 0.980. The maximum atomic E-state index is 5.60. The first-order valence-electron chi connectivity index (χ1n) is 22.6. The van der Waals surface area contributed by atoms with E-state index >= 15 is 0 Å². The molecule has 0 aliphatic heterocycles. The van der Waals surface area contributed by atoms with E-state index in [4.69, 9.17) is 15.0 Å². The van der Waals surface area contributed by atoms with Gasteiger partial charge in [0.15, 0.2) is 13.9 Å². The van der Waals surface area contributed by atoms with E-state index in [1.807, 2.05) is 17.4 Å². The highest BCUT2D eigenvalue weighted by Gasteiger charge is 2.42. The summed E-state index contributed by atoms with van der Waals surface area (Å²) in [7, 11) is -3.01. The summed E-state index contributed by atoms with van der Waals surface area (Å²) in [5.74, 6) is 2.94. The van der Waals surface area contributed by atoms with Gasteiger partial charge in [-0.1, -0.05) is 176 Å². The molecule has 14 rings (SSSR count). The van der Waals surface area contributed by atoms with Crippen molar-refractivity contribution in [2.24, 2.45) is 0 Å². The van der Waals surface area contributed by atoms with Crippen LogP contribution in [0, 0.1) is 0 Å². The second kappa shape index (κ2) is 14.8. The average molecular weight is 891 g/mol. The highest BCUT2D eigenvalue weighted by Crippen LogP contribution is 2.36. The topological polar surface area (TPSA) is 52.9 Å². The molecule has 0 aliphatic carbocycles. The second-order valence-electron chi connectivity index (χ2n) is 17.2. The largest absolute Gasteiger partial charge is 0.294 e. The van der Waals surface area contributed by atoms with Crippen LogP contribution in [-0.4, -0.2) is 36.6 Å². The van der Waals surface area contributed by atoms with E-state index in [1.165, 1.54) is 51.7 Å². The van der Waals surface area contributed by atoms with E-state index in [-0.39, 0.29) is 0 Å². The van der Waals surface area contributed by atoms with E-state index in [2.05, 4.69) is 238 Å². The average Bonchev–Trinajstić information content (AvgIpc) is 4.14. The zero-order valence-electron chi connectivity index (χ0n) is 36.0. The Balaban J connectivity index is 1.07. The highest BCUT2D eigenvalue weighted by molar-refractivity contribution is 7.26. The molecule has 0 aliphatic rings. The number of hydrogen-bond donors (Lipinski definition) is 0. The van der Waals surface area contributed by atoms with Gasteiger partial charge in [0, 0.05) is 42.6 Å². The summed E-state index contributed by atoms with van der Waals surface area (Å²) in [6.45, 7) is 0. The van der Waals surface area contributed by atoms with Crippen molar-refractivity contribution in [2.75, 3.05) is 0 Å². The number of imidazole rings is 2. The number of thiophene rings is 1. The first-order valence-corrected chi connectivity index (χ1v) is 25.4. The van der Waals surface area contributed by atoms with Crippen molar-refractivity contribution in [3.05, 3.63) is 231 Å². The molecule has 0 spiro atoms. The Morgan fingerprint density at radius 2 is 0.881 bits per heavy atom. The van der Waals surface area contributed by atoms with Crippen molar-refractivity contribution in [3.63, 3.8) is 0 Å². The molecular weight excluding hydrogens is 853 g/mol. The smallest absolute Gasteiger partial charge is 0.221 e. The van der Waals surface area contributed by atoms with Gasteiger partial charge in [-0.3, -0.25) is 13.5 Å². The van der Waals surface area contributed by atoms with Crippen molar-refractivity contribution in [1.82, 2.24) is 28.5 Å². The van der Waals surface area contributed by atoms with Gasteiger partial charge in [-0.25, -0.2) is 15.0 Å². The molecule has 0 saturated carbocycles. The molecule has 314 valence electrons. The molecule has 5 heterocycles. The summed E-state index contributed by atoms with van der Waals surface area (Å²) in [6, 6.07) is 83.7. The summed E-state index contributed by atoms with van der Waals surface area (Å²) >= 11 is 1.86. The number of para-hydroxylation sites is 6. The van der Waals surface area contributed by atoms with Gasteiger partial charge in [-0.2, -0.15) is 0 Å². The zero-order valence-corrected chi connectivity index (χ0v) is 37.8. The van der Waals surface area contributed by atoms with E-state index in [0.717, 1.165) is 56.1 Å². The quantitative estimate of drug-likeness (QED) is 0.118. The lowest BCUT2D eigenvalue weighted by Crippen LogP contribution is -2.74. The van der Waals surface area contributed by atoms with Crippen LogP contribution in [0.2, 0.25) is 0 Å². The SMILES string of the molecule is c1ccc([Si](c2ccccc2)(c2cccc(-c3nc(-n4c5ccccc5c5ccccc54)cc(-n4c5ccccc5n5c6ccccc6nc45)n3)c2)c2ccc3sc4ccccc4c3c2)cc1. The standard InChI is InChI=1S/C59H38N6SSi/c1-3-19-40(20-4-1)67(41-21-5-2-6-22-41,43-34-35-55-47(37-43)46-26-9-16-33-54(46)66-55)42-23-17-18-39(36-42)58-61-56(63-49-28-11-7-24-44(49)45-25-8-12-29-50(45)63)38-57(62-58)65-53-32-15-14-31-52(53)64-51-30-13-10-27-48(51)60-59(64)65/h1-38H. The Hall–Kier alpha value is -8.43. The Labute approximate surface area is 390 Å². The molecule has 0 bridgehead atoms. The molecule has 0 atom stereocenters. The lowest BCUT2D eigenvalue weighted by Gasteiger charge is -2.34. The van der Waals surface area contributed by atoms with Gasteiger partial charge in [0.25, 0.3) is 0 Å². The molecule has 0 N–H and O–H groups in total. The van der Waals surface area contributed by atoms with Crippen LogP contribution in [0.15, 0.2) is 231 Å². The van der Waals surface area contributed by atoms with Gasteiger partial charge in [-0.05, 0) is 69.3 Å². The van der Waals surface area contributed by atoms with Gasteiger partial charge in [0.1, 0.15) is 11.6 Å². The fourth-order valence-electron chi connectivity index (χ4n) is 10.8. The molecule has 9 aromatic carbocycles. The normalized spacial score (nSPS) is 12.2. The van der Waals surface area contributed by atoms with Crippen LogP contribution in [0.3, 0.4) is 0 Å². The predicted octanol–water partition coefficient (Wildman–Crippen LogP) is 11.7. The van der Waals surface area contributed by atoms with Gasteiger partial charge < -0.3 is 0 Å². The highest BCUT2D eigenvalue weighted by atomic mass is 32.1. The molecule has 6 nitrogen and oxygen atoms in total. The Morgan fingerprint density at radius 1 is 0.343 bits per heavy atom. The number of hydrogen-bond acceptors (Lipinski definition) is 4. The molecule has 67 heavy (non-hydrogen) atoms. The molecule has 14 aromatic rings. The maximum Gasteiger partial charge on any atom is 0.221 e. The molecular formula is C59H38N6SSi. The second-order valence-corrected chi connectivity index (χ2v) is 22.1.